The molecule has 1 unspecified atom stereocenters. The average Bonchev–Trinajstić information content (AvgIpc) is 2.18. The Morgan fingerprint density at radius 1 is 1.53 bits per heavy atom. The normalized spacial score (nSPS) is 22.5. The van der Waals surface area contributed by atoms with Crippen molar-refractivity contribution in [3.63, 3.8) is 0 Å². The van der Waals surface area contributed by atoms with Crippen LogP contribution in [0.3, 0.4) is 0 Å². The lowest BCUT2D eigenvalue weighted by atomic mass is 9.99. The van der Waals surface area contributed by atoms with Gasteiger partial charge in [-0.15, -0.1) is 0 Å². The lowest BCUT2D eigenvalue weighted by Gasteiger charge is -2.29. The molecule has 3 N–H and O–H groups in total. The van der Waals surface area contributed by atoms with E-state index in [4.69, 9.17) is 10.5 Å². The molecule has 1 rings (SSSR count). The number of ether oxygens (including phenoxy) is 1. The van der Waals surface area contributed by atoms with Crippen LogP contribution in [0.1, 0.15) is 39.5 Å². The zero-order valence-electron chi connectivity index (χ0n) is 9.71. The van der Waals surface area contributed by atoms with E-state index >= 15 is 0 Å². The summed E-state index contributed by atoms with van der Waals surface area (Å²) in [7, 11) is 0. The van der Waals surface area contributed by atoms with E-state index in [0.717, 1.165) is 25.7 Å². The molecule has 0 spiro atoms. The highest BCUT2D eigenvalue weighted by Gasteiger charge is 2.27. The van der Waals surface area contributed by atoms with Gasteiger partial charge in [-0.05, 0) is 46.1 Å². The van der Waals surface area contributed by atoms with Crippen LogP contribution in [0.5, 0.6) is 0 Å². The van der Waals surface area contributed by atoms with Crippen LogP contribution in [0, 0.1) is 0 Å². The van der Waals surface area contributed by atoms with Crippen molar-refractivity contribution in [1.82, 2.24) is 5.32 Å². The van der Waals surface area contributed by atoms with E-state index in [-0.39, 0.29) is 17.6 Å². The van der Waals surface area contributed by atoms with E-state index in [1.807, 2.05) is 13.8 Å². The molecule has 15 heavy (non-hydrogen) atoms. The molecule has 1 aliphatic heterocycles. The fourth-order valence-electron chi connectivity index (χ4n) is 1.78. The lowest BCUT2D eigenvalue weighted by molar-refractivity contribution is -0.137. The predicted octanol–water partition coefficient (Wildman–Crippen LogP) is 0.799. The Kier molecular flexibility index (Phi) is 4.54. The highest BCUT2D eigenvalue weighted by atomic mass is 16.5. The molecule has 0 aliphatic carbocycles. The van der Waals surface area contributed by atoms with Crippen molar-refractivity contribution in [3.05, 3.63) is 0 Å². The number of carbonyl (C=O) groups is 1. The summed E-state index contributed by atoms with van der Waals surface area (Å²) in [6.45, 7) is 5.26. The van der Waals surface area contributed by atoms with Gasteiger partial charge in [-0.25, -0.2) is 0 Å². The van der Waals surface area contributed by atoms with Crippen molar-refractivity contribution in [3.8, 4) is 0 Å². The molecule has 0 bridgehead atoms. The minimum atomic E-state index is -0.254. The van der Waals surface area contributed by atoms with Crippen LogP contribution in [0.2, 0.25) is 0 Å². The summed E-state index contributed by atoms with van der Waals surface area (Å²) in [6.07, 6.45) is 3.51. The monoisotopic (exact) mass is 214 g/mol. The van der Waals surface area contributed by atoms with Crippen molar-refractivity contribution in [2.75, 3.05) is 13.2 Å². The van der Waals surface area contributed by atoms with Gasteiger partial charge in [-0.1, -0.05) is 0 Å². The Morgan fingerprint density at radius 3 is 2.80 bits per heavy atom. The first-order valence-electron chi connectivity index (χ1n) is 5.69. The minimum Gasteiger partial charge on any atom is -0.368 e. The number of carbonyl (C=O) groups excluding carboxylic acids is 1. The largest absolute Gasteiger partial charge is 0.368 e. The summed E-state index contributed by atoms with van der Waals surface area (Å²) in [5, 5.41) is 2.98. The number of hydrogen-bond donors (Lipinski definition) is 2. The quantitative estimate of drug-likeness (QED) is 0.727. The van der Waals surface area contributed by atoms with Gasteiger partial charge in [-0.3, -0.25) is 4.79 Å². The maximum Gasteiger partial charge on any atom is 0.249 e. The number of nitrogens with one attached hydrogen (secondary N) is 1. The maximum atomic E-state index is 11.8. The fourth-order valence-corrected chi connectivity index (χ4v) is 1.78. The number of amides is 1. The molecule has 88 valence electrons. The van der Waals surface area contributed by atoms with Gasteiger partial charge in [0.1, 0.15) is 6.10 Å². The Hall–Kier alpha value is -0.610. The zero-order valence-corrected chi connectivity index (χ0v) is 9.71. The second kappa shape index (κ2) is 5.47. The Bertz CT molecular complexity index is 211. The molecule has 1 saturated heterocycles. The first-order valence-corrected chi connectivity index (χ1v) is 5.69. The van der Waals surface area contributed by atoms with Gasteiger partial charge in [0.15, 0.2) is 0 Å². The summed E-state index contributed by atoms with van der Waals surface area (Å²) in [5.74, 6) is 0.00755. The van der Waals surface area contributed by atoms with Gasteiger partial charge >= 0.3 is 0 Å². The lowest BCUT2D eigenvalue weighted by Crippen LogP contribution is -2.50. The first-order chi connectivity index (χ1) is 7.05. The van der Waals surface area contributed by atoms with Crippen LogP contribution in [-0.2, 0) is 9.53 Å². The van der Waals surface area contributed by atoms with Crippen LogP contribution < -0.4 is 11.1 Å². The second-order valence-electron chi connectivity index (χ2n) is 4.77. The molecule has 1 fully saturated rings. The highest BCUT2D eigenvalue weighted by molar-refractivity contribution is 5.81. The third kappa shape index (κ3) is 4.18. The molecule has 0 saturated carbocycles. The minimum absolute atomic E-state index is 0.00755. The van der Waals surface area contributed by atoms with Crippen molar-refractivity contribution in [2.24, 2.45) is 5.73 Å². The van der Waals surface area contributed by atoms with Crippen LogP contribution in [-0.4, -0.2) is 30.7 Å². The molecule has 4 nitrogen and oxygen atoms in total. The number of hydrogen-bond acceptors (Lipinski definition) is 3. The molecule has 0 radical (unpaired) electrons. The van der Waals surface area contributed by atoms with E-state index in [1.165, 1.54) is 0 Å². The Morgan fingerprint density at radius 2 is 2.27 bits per heavy atom. The Balaban J connectivity index is 2.39. The van der Waals surface area contributed by atoms with Crippen molar-refractivity contribution < 1.29 is 9.53 Å². The zero-order chi connectivity index (χ0) is 11.3. The van der Waals surface area contributed by atoms with Gasteiger partial charge in [0.25, 0.3) is 0 Å². The van der Waals surface area contributed by atoms with Crippen molar-refractivity contribution >= 4 is 5.91 Å². The summed E-state index contributed by atoms with van der Waals surface area (Å²) in [6, 6.07) is 0. The highest BCUT2D eigenvalue weighted by Crippen LogP contribution is 2.15. The van der Waals surface area contributed by atoms with Crippen LogP contribution in [0.4, 0.5) is 0 Å². The molecule has 1 aliphatic rings. The molecular formula is C11H22N2O2. The smallest absolute Gasteiger partial charge is 0.249 e. The molecule has 1 heterocycles. The standard InChI is InChI=1S/C11H22N2O2/c1-11(2,6-7-12)13-10(14)9-5-3-4-8-15-9/h9H,3-8,12H2,1-2H3,(H,13,14). The molecule has 0 aromatic rings. The first kappa shape index (κ1) is 12.5. The third-order valence-corrected chi connectivity index (χ3v) is 2.70. The molecule has 1 atom stereocenters. The molecule has 1 amide bonds. The topological polar surface area (TPSA) is 64.3 Å². The van der Waals surface area contributed by atoms with Crippen molar-refractivity contribution in [1.29, 1.82) is 0 Å². The van der Waals surface area contributed by atoms with Gasteiger partial charge in [0.2, 0.25) is 5.91 Å². The van der Waals surface area contributed by atoms with E-state index in [0.29, 0.717) is 13.2 Å². The van der Waals surface area contributed by atoms with Crippen LogP contribution in [0.15, 0.2) is 0 Å². The summed E-state index contributed by atoms with van der Waals surface area (Å²) < 4.78 is 5.42. The molecule has 0 aromatic heterocycles. The number of rotatable bonds is 4. The molecule has 0 aromatic carbocycles. The Labute approximate surface area is 91.5 Å². The molecule has 4 heteroatoms. The molecular weight excluding hydrogens is 192 g/mol. The van der Waals surface area contributed by atoms with Crippen LogP contribution in [0.25, 0.3) is 0 Å². The van der Waals surface area contributed by atoms with E-state index in [2.05, 4.69) is 5.32 Å². The van der Waals surface area contributed by atoms with E-state index in [1.54, 1.807) is 0 Å². The predicted molar refractivity (Wildman–Crippen MR) is 59.5 cm³/mol. The maximum absolute atomic E-state index is 11.8. The summed E-state index contributed by atoms with van der Waals surface area (Å²) in [5.41, 5.74) is 5.26. The SMILES string of the molecule is CC(C)(CCN)NC(=O)C1CCCCO1. The summed E-state index contributed by atoms with van der Waals surface area (Å²) in [4.78, 5) is 11.8. The third-order valence-electron chi connectivity index (χ3n) is 2.70. The van der Waals surface area contributed by atoms with Crippen molar-refractivity contribution in [2.45, 2.75) is 51.2 Å². The number of nitrogens with two attached hydrogens (primary N) is 1. The van der Waals surface area contributed by atoms with E-state index < -0.39 is 0 Å². The fraction of sp³-hybridized carbons (Fsp3) is 0.909. The van der Waals surface area contributed by atoms with Gasteiger partial charge in [-0.2, -0.15) is 0 Å². The van der Waals surface area contributed by atoms with Gasteiger partial charge in [0.05, 0.1) is 0 Å². The van der Waals surface area contributed by atoms with E-state index in [9.17, 15) is 4.79 Å². The van der Waals surface area contributed by atoms with Gasteiger partial charge < -0.3 is 15.8 Å². The average molecular weight is 214 g/mol. The second-order valence-corrected chi connectivity index (χ2v) is 4.77. The van der Waals surface area contributed by atoms with Crippen LogP contribution >= 0.6 is 0 Å². The van der Waals surface area contributed by atoms with Gasteiger partial charge in [0, 0.05) is 12.1 Å². The summed E-state index contributed by atoms with van der Waals surface area (Å²) >= 11 is 0.